The lowest BCUT2D eigenvalue weighted by Crippen LogP contribution is -2.28. The molecule has 0 saturated heterocycles. The first-order valence-corrected chi connectivity index (χ1v) is 27.6. The molecule has 408 valence electrons. The fourth-order valence-corrected chi connectivity index (χ4v) is 13.2. The third-order valence-corrected chi connectivity index (χ3v) is 17.7. The van der Waals surface area contributed by atoms with Crippen LogP contribution in [0.2, 0.25) is 30.1 Å². The molecule has 0 unspecified atom stereocenters. The molecule has 29 heteroatoms. The SMILES string of the molecule is C.C.C.C.Cc1cc(N)cc(Cl)c1Sc1nc2cc(Cl)ccc2s1.Cc1cc([N+](=O)[O-])cc(Cl)c1OS(=O)(=O)C(F)(F)F.Cc1cc([N+](=O)[O-])cc(Cl)c1Sc1nc2cc(Cl)ccc2s1.S=c1[nH]c2cc(Cl)ccc2s1. The first-order valence-electron chi connectivity index (χ1n) is 19.4. The number of alkyl halides is 3. The molecule has 3 aromatic heterocycles. The summed E-state index contributed by atoms with van der Waals surface area (Å²) in [6, 6.07) is 25.1. The van der Waals surface area contributed by atoms with Gasteiger partial charge in [-0.2, -0.15) is 21.6 Å². The number of nitrogens with two attached hydrogens (primary N) is 1. The highest BCUT2D eigenvalue weighted by Gasteiger charge is 2.49. The van der Waals surface area contributed by atoms with Crippen molar-refractivity contribution in [1.29, 1.82) is 0 Å². The number of benzene rings is 6. The van der Waals surface area contributed by atoms with E-state index in [9.17, 15) is 41.8 Å². The second-order valence-corrected chi connectivity index (χ2v) is 24.7. The molecule has 0 atom stereocenters. The Morgan fingerprint density at radius 2 is 1.05 bits per heavy atom. The number of rotatable bonds is 8. The third kappa shape index (κ3) is 17.6. The second-order valence-electron chi connectivity index (χ2n) is 14.3. The van der Waals surface area contributed by atoms with Gasteiger partial charge in [0.15, 0.2) is 18.4 Å². The van der Waals surface area contributed by atoms with Crippen LogP contribution in [0.15, 0.2) is 109 Å². The van der Waals surface area contributed by atoms with Crippen molar-refractivity contribution < 1.29 is 35.6 Å². The van der Waals surface area contributed by atoms with Crippen LogP contribution in [0, 0.1) is 45.0 Å². The molecule has 0 spiro atoms. The zero-order chi connectivity index (χ0) is 53.0. The molecule has 0 radical (unpaired) electrons. The van der Waals surface area contributed by atoms with Crippen molar-refractivity contribution in [3.63, 3.8) is 0 Å². The van der Waals surface area contributed by atoms with E-state index in [-0.39, 0.29) is 41.0 Å². The Balaban J connectivity index is 0.000000348. The highest BCUT2D eigenvalue weighted by Crippen LogP contribution is 2.43. The van der Waals surface area contributed by atoms with Crippen molar-refractivity contribution in [2.75, 3.05) is 5.73 Å². The zero-order valence-corrected chi connectivity index (χ0v) is 46.4. The maximum absolute atomic E-state index is 12.1. The molecule has 0 fully saturated rings. The van der Waals surface area contributed by atoms with E-state index in [1.807, 2.05) is 67.6 Å². The number of aryl methyl sites for hydroxylation is 3. The highest BCUT2D eigenvalue weighted by molar-refractivity contribution is 8.01. The Kier molecular flexibility index (Phi) is 25.6. The number of fused-ring (bicyclic) bond motifs is 3. The van der Waals surface area contributed by atoms with Gasteiger partial charge in [-0.1, -0.05) is 123 Å². The number of halogens is 9. The number of hydrogen-bond donors (Lipinski definition) is 2. The number of H-pyrrole nitrogens is 1. The van der Waals surface area contributed by atoms with Crippen LogP contribution in [-0.4, -0.2) is 38.7 Å². The van der Waals surface area contributed by atoms with Crippen LogP contribution >= 0.6 is 139 Å². The Hall–Kier alpha value is -4.21. The number of nitrogens with one attached hydrogen (secondary N) is 1. The van der Waals surface area contributed by atoms with Gasteiger partial charge >= 0.3 is 15.6 Å². The summed E-state index contributed by atoms with van der Waals surface area (Å²) >= 11 is 48.3. The van der Waals surface area contributed by atoms with Gasteiger partial charge in [0.1, 0.15) is 0 Å². The lowest BCUT2D eigenvalue weighted by Gasteiger charge is -2.12. The fourth-order valence-electron chi connectivity index (χ4n) is 5.86. The summed E-state index contributed by atoms with van der Waals surface area (Å²) in [5.41, 5.74) is 4.67. The van der Waals surface area contributed by atoms with Crippen LogP contribution in [0.25, 0.3) is 30.6 Å². The van der Waals surface area contributed by atoms with Gasteiger partial charge < -0.3 is 14.9 Å². The van der Waals surface area contributed by atoms with Gasteiger partial charge in [-0.15, -0.1) is 34.0 Å². The van der Waals surface area contributed by atoms with Gasteiger partial charge in [-0.05, 0) is 111 Å². The minimum atomic E-state index is -5.88. The summed E-state index contributed by atoms with van der Waals surface area (Å²) in [5, 5.41) is 23.8. The molecular weight excluding hydrogens is 1250 g/mol. The molecule has 0 amide bonds. The molecule has 9 aromatic rings. The smallest absolute Gasteiger partial charge is 0.399 e. The van der Waals surface area contributed by atoms with Crippen LogP contribution in [0.3, 0.4) is 0 Å². The molecule has 76 heavy (non-hydrogen) atoms. The second kappa shape index (κ2) is 28.6. The Morgan fingerprint density at radius 3 is 1.49 bits per heavy atom. The van der Waals surface area contributed by atoms with Crippen LogP contribution < -0.4 is 9.92 Å². The molecule has 6 aromatic carbocycles. The van der Waals surface area contributed by atoms with Crippen molar-refractivity contribution in [1.82, 2.24) is 15.0 Å². The predicted molar refractivity (Wildman–Crippen MR) is 318 cm³/mol. The van der Waals surface area contributed by atoms with Crippen LogP contribution in [0.1, 0.15) is 46.4 Å². The van der Waals surface area contributed by atoms with E-state index in [1.54, 1.807) is 47.4 Å². The minimum absolute atomic E-state index is 0. The standard InChI is InChI=1S/C14H8Cl2N2O2S2.C14H10Cl2N2S2.C8H5ClF3NO5S.C7H4ClNS2.4CH4/c1-7-4-9(18(19)20)6-10(16)13(7)22-14-17-11-5-8(15)2-3-12(11)21-14;1-7-4-9(17)6-10(16)13(7)20-14-18-11-5-8(15)2-3-12(11)19-14;1-4-2-5(13(14)15)3-6(9)7(4)18-19(16,17)8(10,11)12;8-4-1-2-6-5(3-4)9-7(10)11-6;;;;/h2-6H,1H3;2-6H,17H2,1H3;2-3H,1H3;1-3H,(H,9,10);4*1H4. The Morgan fingerprint density at radius 1 is 0.632 bits per heavy atom. The van der Waals surface area contributed by atoms with Crippen LogP contribution in [0.5, 0.6) is 5.75 Å². The van der Waals surface area contributed by atoms with E-state index in [2.05, 4.69) is 19.1 Å². The van der Waals surface area contributed by atoms with E-state index < -0.39 is 41.9 Å². The molecular formula is C47H43Cl6F3N6O7S7. The average Bonchev–Trinajstić information content (AvgIpc) is 3.99. The Bertz CT molecular complexity index is 3660. The number of nitrogen functional groups attached to an aromatic ring is 1. The minimum Gasteiger partial charge on any atom is -0.399 e. The lowest BCUT2D eigenvalue weighted by atomic mass is 10.2. The summed E-state index contributed by atoms with van der Waals surface area (Å²) in [7, 11) is -5.88. The first-order chi connectivity index (χ1) is 33.7. The van der Waals surface area contributed by atoms with Crippen molar-refractivity contribution in [3.8, 4) is 5.75 Å². The fraction of sp³-hybridized carbons (Fsp3) is 0.170. The summed E-state index contributed by atoms with van der Waals surface area (Å²) in [5.74, 6) is -0.801. The number of hydrogen-bond acceptors (Lipinski definition) is 16. The lowest BCUT2D eigenvalue weighted by molar-refractivity contribution is -0.385. The number of nitro groups is 2. The maximum Gasteiger partial charge on any atom is 0.534 e. The number of thiazole rings is 3. The van der Waals surface area contributed by atoms with Gasteiger partial charge in [-0.25, -0.2) is 9.97 Å². The van der Waals surface area contributed by atoms with Crippen molar-refractivity contribution in [3.05, 3.63) is 162 Å². The monoisotopic (exact) mass is 1290 g/mol. The molecule has 13 nitrogen and oxygen atoms in total. The van der Waals surface area contributed by atoms with Gasteiger partial charge in [-0.3, -0.25) is 20.2 Å². The number of non-ortho nitro benzene ring substituents is 2. The van der Waals surface area contributed by atoms with E-state index in [0.29, 0.717) is 31.8 Å². The van der Waals surface area contributed by atoms with Crippen molar-refractivity contribution >= 4 is 197 Å². The topological polar surface area (TPSA) is 197 Å². The van der Waals surface area contributed by atoms with Gasteiger partial charge in [0.05, 0.1) is 55.6 Å². The summed E-state index contributed by atoms with van der Waals surface area (Å²) in [6.07, 6.45) is 0. The van der Waals surface area contributed by atoms with Crippen molar-refractivity contribution in [2.24, 2.45) is 0 Å². The summed E-state index contributed by atoms with van der Waals surface area (Å²) in [6.45, 7) is 4.92. The number of aromatic amines is 1. The summed E-state index contributed by atoms with van der Waals surface area (Å²) in [4.78, 5) is 33.9. The van der Waals surface area contributed by atoms with E-state index in [1.165, 1.54) is 35.2 Å². The molecule has 9 rings (SSSR count). The normalized spacial score (nSPS) is 10.7. The van der Waals surface area contributed by atoms with Gasteiger partial charge in [0.2, 0.25) is 0 Å². The van der Waals surface area contributed by atoms with Crippen LogP contribution in [-0.2, 0) is 10.1 Å². The van der Waals surface area contributed by atoms with Gasteiger partial charge in [0, 0.05) is 60.4 Å². The molecule has 0 aliphatic heterocycles. The third-order valence-electron chi connectivity index (χ3n) is 9.00. The zero-order valence-electron chi connectivity index (χ0n) is 36.1. The maximum atomic E-state index is 12.1. The predicted octanol–water partition coefficient (Wildman–Crippen LogP) is 20.6. The quantitative estimate of drug-likeness (QED) is 0.0364. The summed E-state index contributed by atoms with van der Waals surface area (Å²) < 4.78 is 67.7. The van der Waals surface area contributed by atoms with Crippen molar-refractivity contribution in [2.45, 2.75) is 74.5 Å². The highest BCUT2D eigenvalue weighted by atomic mass is 35.5. The Labute approximate surface area is 491 Å². The average molecular weight is 1300 g/mol. The number of anilines is 1. The first kappa shape index (κ1) is 67.9. The molecule has 0 bridgehead atoms. The van der Waals surface area contributed by atoms with E-state index >= 15 is 0 Å². The molecule has 0 saturated carbocycles. The number of aromatic nitrogens is 3. The van der Waals surface area contributed by atoms with Gasteiger partial charge in [0.25, 0.3) is 11.4 Å². The van der Waals surface area contributed by atoms with E-state index in [4.69, 9.17) is 87.6 Å². The molecule has 3 N–H and O–H groups in total. The number of nitrogens with zero attached hydrogens (tertiary/aromatic N) is 4. The van der Waals surface area contributed by atoms with E-state index in [0.717, 1.165) is 82.2 Å². The largest absolute Gasteiger partial charge is 0.534 e. The van der Waals surface area contributed by atoms with Crippen LogP contribution in [0.4, 0.5) is 30.2 Å². The molecule has 0 aliphatic carbocycles. The number of nitro benzene ring substituents is 2. The molecule has 0 aliphatic rings. The molecule has 3 heterocycles.